The van der Waals surface area contributed by atoms with Crippen LogP contribution in [-0.2, 0) is 10.2 Å². The van der Waals surface area contributed by atoms with E-state index in [9.17, 15) is 18.0 Å². The van der Waals surface area contributed by atoms with Crippen molar-refractivity contribution in [2.45, 2.75) is 50.1 Å². The summed E-state index contributed by atoms with van der Waals surface area (Å²) >= 11 is 0. The number of benzene rings is 1. The number of amides is 1. The maximum absolute atomic E-state index is 12.6. The molecule has 4 aliphatic carbocycles. The van der Waals surface area contributed by atoms with Crippen molar-refractivity contribution in [3.63, 3.8) is 0 Å². The summed E-state index contributed by atoms with van der Waals surface area (Å²) in [6, 6.07) is 7.22. The lowest BCUT2D eigenvalue weighted by Crippen LogP contribution is -2.48. The molecule has 4 fully saturated rings. The number of carbonyl (C=O) groups is 1. The van der Waals surface area contributed by atoms with Crippen LogP contribution in [0.15, 0.2) is 24.3 Å². The molecule has 0 atom stereocenters. The summed E-state index contributed by atoms with van der Waals surface area (Å²) in [5.74, 6) is 0.645. The zero-order chi connectivity index (χ0) is 17.1. The van der Waals surface area contributed by atoms with Gasteiger partial charge < -0.3 is 4.90 Å². The number of nitrogens with zero attached hydrogens (tertiary/aromatic N) is 1. The zero-order valence-corrected chi connectivity index (χ0v) is 13.8. The van der Waals surface area contributed by atoms with Gasteiger partial charge in [0, 0.05) is 12.7 Å². The van der Waals surface area contributed by atoms with Gasteiger partial charge in [-0.2, -0.15) is 13.2 Å². The smallest absolute Gasteiger partial charge is 0.308 e. The molecule has 0 aliphatic heterocycles. The van der Waals surface area contributed by atoms with Gasteiger partial charge in [-0.3, -0.25) is 4.79 Å². The van der Waals surface area contributed by atoms with Crippen molar-refractivity contribution in [2.75, 3.05) is 11.9 Å². The number of anilines is 1. The average Bonchev–Trinajstić information content (AvgIpc) is 2.51. The van der Waals surface area contributed by atoms with Crippen LogP contribution >= 0.6 is 0 Å². The third-order valence-electron chi connectivity index (χ3n) is 6.45. The van der Waals surface area contributed by atoms with E-state index < -0.39 is 12.1 Å². The summed E-state index contributed by atoms with van der Waals surface area (Å²) in [7, 11) is 1.18. The second-order valence-electron chi connectivity index (χ2n) is 8.11. The topological polar surface area (TPSA) is 20.3 Å². The van der Waals surface area contributed by atoms with Crippen molar-refractivity contribution in [1.82, 2.24) is 0 Å². The minimum absolute atomic E-state index is 0.222. The molecule has 0 aromatic heterocycles. The summed E-state index contributed by atoms with van der Waals surface area (Å²) in [6.07, 6.45) is 2.90. The fourth-order valence-electron chi connectivity index (χ4n) is 5.81. The molecular weight excluding hydrogens is 315 g/mol. The Kier molecular flexibility index (Phi) is 3.49. The van der Waals surface area contributed by atoms with Crippen LogP contribution in [0.1, 0.15) is 44.1 Å². The molecule has 4 aliphatic rings. The van der Waals surface area contributed by atoms with E-state index in [1.807, 2.05) is 12.1 Å². The molecule has 130 valence electrons. The second-order valence-corrected chi connectivity index (χ2v) is 8.11. The van der Waals surface area contributed by atoms with Crippen molar-refractivity contribution < 1.29 is 18.0 Å². The predicted molar refractivity (Wildman–Crippen MR) is 85.8 cm³/mol. The van der Waals surface area contributed by atoms with Crippen LogP contribution in [0.25, 0.3) is 0 Å². The molecule has 4 saturated carbocycles. The van der Waals surface area contributed by atoms with E-state index in [1.165, 1.54) is 51.1 Å². The first-order valence-corrected chi connectivity index (χ1v) is 8.72. The van der Waals surface area contributed by atoms with Gasteiger partial charge in [0.1, 0.15) is 0 Å². The highest BCUT2D eigenvalue weighted by Gasteiger charge is 2.51. The van der Waals surface area contributed by atoms with Crippen LogP contribution in [-0.4, -0.2) is 19.1 Å². The Labute approximate surface area is 140 Å². The number of hydrogen-bond acceptors (Lipinski definition) is 1. The van der Waals surface area contributed by atoms with Crippen LogP contribution in [0, 0.1) is 17.8 Å². The molecule has 0 heterocycles. The highest BCUT2D eigenvalue weighted by molar-refractivity contribution is 5.96. The minimum Gasteiger partial charge on any atom is -0.308 e. The van der Waals surface area contributed by atoms with Gasteiger partial charge in [-0.05, 0) is 79.4 Å². The fraction of sp³-hybridized carbons (Fsp3) is 0.632. The summed E-state index contributed by atoms with van der Waals surface area (Å²) in [5, 5.41) is 0. The Hall–Kier alpha value is -1.52. The molecule has 0 spiro atoms. The number of carbonyl (C=O) groups excluding carboxylic acids is 1. The molecule has 1 aromatic carbocycles. The Morgan fingerprint density at radius 1 is 1.00 bits per heavy atom. The second kappa shape index (κ2) is 5.24. The maximum atomic E-state index is 12.6. The van der Waals surface area contributed by atoms with E-state index in [0.29, 0.717) is 10.6 Å². The van der Waals surface area contributed by atoms with E-state index >= 15 is 0 Å². The SMILES string of the molecule is CN(C(=O)C(F)(F)F)c1ccc(C23CC4CC(CC(C4)C2)C3)cc1. The number of rotatable bonds is 2. The first kappa shape index (κ1) is 16.0. The van der Waals surface area contributed by atoms with Crippen LogP contribution < -0.4 is 4.90 Å². The van der Waals surface area contributed by atoms with Crippen molar-refractivity contribution in [3.05, 3.63) is 29.8 Å². The monoisotopic (exact) mass is 337 g/mol. The van der Waals surface area contributed by atoms with E-state index in [4.69, 9.17) is 0 Å². The van der Waals surface area contributed by atoms with Crippen molar-refractivity contribution in [1.29, 1.82) is 0 Å². The molecule has 0 unspecified atom stereocenters. The largest absolute Gasteiger partial charge is 0.471 e. The molecule has 1 aromatic rings. The highest BCUT2D eigenvalue weighted by atomic mass is 19.4. The van der Waals surface area contributed by atoms with Crippen LogP contribution in [0.2, 0.25) is 0 Å². The Bertz CT molecular complexity index is 614. The van der Waals surface area contributed by atoms with E-state index in [-0.39, 0.29) is 5.41 Å². The number of hydrogen-bond donors (Lipinski definition) is 0. The summed E-state index contributed by atoms with van der Waals surface area (Å²) in [6.45, 7) is 0. The molecule has 24 heavy (non-hydrogen) atoms. The normalized spacial score (nSPS) is 34.4. The molecule has 0 N–H and O–H groups in total. The first-order valence-electron chi connectivity index (χ1n) is 8.72. The number of halogens is 3. The third kappa shape index (κ3) is 2.52. The Morgan fingerprint density at radius 2 is 1.46 bits per heavy atom. The van der Waals surface area contributed by atoms with E-state index in [1.54, 1.807) is 12.1 Å². The fourth-order valence-corrected chi connectivity index (χ4v) is 5.81. The van der Waals surface area contributed by atoms with Crippen LogP contribution in [0.3, 0.4) is 0 Å². The maximum Gasteiger partial charge on any atom is 0.471 e. The van der Waals surface area contributed by atoms with E-state index in [0.717, 1.165) is 17.8 Å². The van der Waals surface area contributed by atoms with Gasteiger partial charge in [0.2, 0.25) is 0 Å². The van der Waals surface area contributed by atoms with Gasteiger partial charge in [0.15, 0.2) is 0 Å². The Balaban J connectivity index is 1.57. The molecule has 5 heteroatoms. The third-order valence-corrected chi connectivity index (χ3v) is 6.45. The van der Waals surface area contributed by atoms with Gasteiger partial charge in [0.05, 0.1) is 0 Å². The first-order chi connectivity index (χ1) is 11.3. The highest BCUT2D eigenvalue weighted by Crippen LogP contribution is 2.60. The molecule has 2 nitrogen and oxygen atoms in total. The molecular formula is C19H22F3NO. The molecule has 0 saturated heterocycles. The number of alkyl halides is 3. The van der Waals surface area contributed by atoms with Gasteiger partial charge in [-0.1, -0.05) is 12.1 Å². The van der Waals surface area contributed by atoms with Gasteiger partial charge in [0.25, 0.3) is 0 Å². The summed E-state index contributed by atoms with van der Waals surface area (Å²) in [5.41, 5.74) is 1.77. The van der Waals surface area contributed by atoms with Gasteiger partial charge >= 0.3 is 12.1 Å². The minimum atomic E-state index is -4.84. The molecule has 4 bridgehead atoms. The standard InChI is InChI=1S/C19H22F3NO/c1-23(17(24)19(20,21)22)16-4-2-15(3-5-16)18-9-12-6-13(10-18)8-14(7-12)11-18/h2-5,12-14H,6-11H2,1H3. The lowest BCUT2D eigenvalue weighted by atomic mass is 9.48. The van der Waals surface area contributed by atoms with Crippen molar-refractivity contribution >= 4 is 11.6 Å². The molecule has 0 radical (unpaired) electrons. The van der Waals surface area contributed by atoms with Crippen molar-refractivity contribution in [2.24, 2.45) is 17.8 Å². The van der Waals surface area contributed by atoms with Gasteiger partial charge in [-0.15, -0.1) is 0 Å². The van der Waals surface area contributed by atoms with Crippen molar-refractivity contribution in [3.8, 4) is 0 Å². The average molecular weight is 337 g/mol. The quantitative estimate of drug-likeness (QED) is 0.767. The Morgan fingerprint density at radius 3 is 1.88 bits per heavy atom. The molecule has 1 amide bonds. The summed E-state index contributed by atoms with van der Waals surface area (Å²) in [4.78, 5) is 12.1. The summed E-state index contributed by atoms with van der Waals surface area (Å²) < 4.78 is 37.7. The molecule has 5 rings (SSSR count). The zero-order valence-electron chi connectivity index (χ0n) is 13.8. The lowest BCUT2D eigenvalue weighted by Gasteiger charge is -2.57. The van der Waals surface area contributed by atoms with Crippen LogP contribution in [0.5, 0.6) is 0 Å². The lowest BCUT2D eigenvalue weighted by molar-refractivity contribution is -0.170. The van der Waals surface area contributed by atoms with Gasteiger partial charge in [-0.25, -0.2) is 0 Å². The predicted octanol–water partition coefficient (Wildman–Crippen LogP) is 4.68. The van der Waals surface area contributed by atoms with Crippen LogP contribution in [0.4, 0.5) is 18.9 Å². The van der Waals surface area contributed by atoms with E-state index in [2.05, 4.69) is 0 Å².